The van der Waals surface area contributed by atoms with Crippen molar-refractivity contribution in [3.05, 3.63) is 120 Å². The molecule has 0 aliphatic rings. The summed E-state index contributed by atoms with van der Waals surface area (Å²) >= 11 is 0. The Morgan fingerprint density at radius 3 is 2.13 bits per heavy atom. The first-order valence-electron chi connectivity index (χ1n) is 14.3. The highest BCUT2D eigenvalue weighted by Gasteiger charge is 2.36. The number of sulfonamides is 1. The maximum Gasteiger partial charge on any atom is 0.264 e. The van der Waals surface area contributed by atoms with Gasteiger partial charge in [-0.3, -0.25) is 13.9 Å². The molecule has 0 heterocycles. The van der Waals surface area contributed by atoms with Crippen LogP contribution in [0.1, 0.15) is 18.1 Å². The van der Waals surface area contributed by atoms with E-state index in [1.54, 1.807) is 37.3 Å². The zero-order valence-corrected chi connectivity index (χ0v) is 26.2. The van der Waals surface area contributed by atoms with Gasteiger partial charge in [-0.1, -0.05) is 66.7 Å². The molecule has 0 aliphatic carbocycles. The molecule has 4 aromatic carbocycles. The smallest absolute Gasteiger partial charge is 0.264 e. The van der Waals surface area contributed by atoms with Crippen molar-refractivity contribution in [1.29, 1.82) is 0 Å². The molecule has 9 nitrogen and oxygen atoms in total. The third-order valence-electron chi connectivity index (χ3n) is 7.19. The predicted octanol–water partition coefficient (Wildman–Crippen LogP) is 4.81. The standard InChI is InChI=1S/C34H36FN3O6S/c1-4-36-34(40)31(21-25-13-7-5-8-14-25)37(23-26-15-11-12-18-29(26)35)33(39)24-38(45(41,42)28-16-9-6-10-17-28)30-22-27(43-2)19-20-32(30)44-3/h5-20,22,31H,4,21,23-24H2,1-3H3,(H,36,40)/t31-/m0/s1. The zero-order valence-electron chi connectivity index (χ0n) is 25.4. The van der Waals surface area contributed by atoms with Gasteiger partial charge in [-0.05, 0) is 42.8 Å². The Hall–Kier alpha value is -4.90. The SMILES string of the molecule is CCNC(=O)[C@H](Cc1ccccc1)N(Cc1ccccc1F)C(=O)CN(c1cc(OC)ccc1OC)S(=O)(=O)c1ccccc1. The van der Waals surface area contributed by atoms with E-state index < -0.39 is 40.2 Å². The first-order chi connectivity index (χ1) is 21.7. The van der Waals surface area contributed by atoms with Crippen molar-refractivity contribution in [3.63, 3.8) is 0 Å². The van der Waals surface area contributed by atoms with Crippen molar-refractivity contribution < 1.29 is 31.9 Å². The number of rotatable bonds is 14. The molecule has 0 saturated carbocycles. The van der Waals surface area contributed by atoms with Crippen molar-refractivity contribution in [2.24, 2.45) is 0 Å². The van der Waals surface area contributed by atoms with Gasteiger partial charge in [0.05, 0.1) is 24.8 Å². The largest absolute Gasteiger partial charge is 0.497 e. The lowest BCUT2D eigenvalue weighted by Gasteiger charge is -2.34. The summed E-state index contributed by atoms with van der Waals surface area (Å²) in [6.45, 7) is 1.04. The second-order valence-corrected chi connectivity index (χ2v) is 11.9. The van der Waals surface area contributed by atoms with Crippen LogP contribution in [0.25, 0.3) is 0 Å². The van der Waals surface area contributed by atoms with Crippen LogP contribution in [0.5, 0.6) is 11.5 Å². The molecule has 236 valence electrons. The Morgan fingerprint density at radius 2 is 1.51 bits per heavy atom. The van der Waals surface area contributed by atoms with E-state index in [2.05, 4.69) is 5.32 Å². The van der Waals surface area contributed by atoms with Crippen molar-refractivity contribution >= 4 is 27.5 Å². The van der Waals surface area contributed by atoms with E-state index in [4.69, 9.17) is 9.47 Å². The molecule has 1 N–H and O–H groups in total. The average Bonchev–Trinajstić information content (AvgIpc) is 3.06. The Bertz CT molecular complexity index is 1700. The van der Waals surface area contributed by atoms with Crippen LogP contribution in [-0.4, -0.2) is 58.5 Å². The van der Waals surface area contributed by atoms with Gasteiger partial charge in [0.15, 0.2) is 0 Å². The number of likely N-dealkylation sites (N-methyl/N-ethyl adjacent to an activating group) is 1. The maximum atomic E-state index is 15.0. The van der Waals surface area contributed by atoms with Crippen LogP contribution in [-0.2, 0) is 32.6 Å². The summed E-state index contributed by atoms with van der Waals surface area (Å²) in [6.07, 6.45) is 0.112. The van der Waals surface area contributed by atoms with E-state index in [0.717, 1.165) is 9.87 Å². The molecule has 11 heteroatoms. The van der Waals surface area contributed by atoms with E-state index in [1.165, 1.54) is 61.6 Å². The fraction of sp³-hybridized carbons (Fsp3) is 0.235. The van der Waals surface area contributed by atoms with Gasteiger partial charge in [-0.15, -0.1) is 0 Å². The van der Waals surface area contributed by atoms with Gasteiger partial charge in [0.2, 0.25) is 11.8 Å². The summed E-state index contributed by atoms with van der Waals surface area (Å²) in [5.74, 6) is -1.24. The van der Waals surface area contributed by atoms with Gasteiger partial charge >= 0.3 is 0 Å². The number of methoxy groups -OCH3 is 2. The van der Waals surface area contributed by atoms with Crippen LogP contribution < -0.4 is 19.1 Å². The minimum atomic E-state index is -4.36. The third kappa shape index (κ3) is 7.98. The molecular weight excluding hydrogens is 597 g/mol. The lowest BCUT2D eigenvalue weighted by Crippen LogP contribution is -2.53. The molecule has 2 amide bonds. The number of halogens is 1. The van der Waals surface area contributed by atoms with Gasteiger partial charge in [0, 0.05) is 31.1 Å². The van der Waals surface area contributed by atoms with Crippen LogP contribution >= 0.6 is 0 Å². The van der Waals surface area contributed by atoms with Crippen molar-refractivity contribution in [3.8, 4) is 11.5 Å². The number of anilines is 1. The minimum Gasteiger partial charge on any atom is -0.497 e. The second kappa shape index (κ2) is 15.2. The summed E-state index contributed by atoms with van der Waals surface area (Å²) in [5.41, 5.74) is 0.991. The Morgan fingerprint density at radius 1 is 0.867 bits per heavy atom. The maximum absolute atomic E-state index is 15.0. The molecule has 0 radical (unpaired) electrons. The van der Waals surface area contributed by atoms with Crippen LogP contribution in [0.15, 0.2) is 108 Å². The van der Waals surface area contributed by atoms with Gasteiger partial charge in [-0.25, -0.2) is 12.8 Å². The summed E-state index contributed by atoms with van der Waals surface area (Å²) in [4.78, 5) is 29.2. The normalized spacial score (nSPS) is 11.7. The molecule has 0 fully saturated rings. The first-order valence-corrected chi connectivity index (χ1v) is 15.8. The van der Waals surface area contributed by atoms with E-state index in [1.807, 2.05) is 30.3 Å². The average molecular weight is 634 g/mol. The monoisotopic (exact) mass is 633 g/mol. The van der Waals surface area contributed by atoms with E-state index in [-0.39, 0.29) is 34.9 Å². The molecule has 45 heavy (non-hydrogen) atoms. The highest BCUT2D eigenvalue weighted by Crippen LogP contribution is 2.36. The predicted molar refractivity (Wildman–Crippen MR) is 170 cm³/mol. The molecule has 0 bridgehead atoms. The Balaban J connectivity index is 1.86. The van der Waals surface area contributed by atoms with Gasteiger partial charge in [0.25, 0.3) is 10.0 Å². The Kier molecular flexibility index (Phi) is 11.2. The van der Waals surface area contributed by atoms with Crippen LogP contribution in [0.3, 0.4) is 0 Å². The fourth-order valence-corrected chi connectivity index (χ4v) is 6.32. The second-order valence-electron chi connectivity index (χ2n) is 10.1. The molecule has 0 unspecified atom stereocenters. The van der Waals surface area contributed by atoms with E-state index in [0.29, 0.717) is 12.3 Å². The number of hydrogen-bond acceptors (Lipinski definition) is 6. The third-order valence-corrected chi connectivity index (χ3v) is 8.96. The molecule has 0 aromatic heterocycles. The number of amides is 2. The number of hydrogen-bond donors (Lipinski definition) is 1. The number of nitrogens with zero attached hydrogens (tertiary/aromatic N) is 2. The summed E-state index contributed by atoms with van der Waals surface area (Å²) < 4.78 is 55.2. The summed E-state index contributed by atoms with van der Waals surface area (Å²) in [5, 5.41) is 2.78. The summed E-state index contributed by atoms with van der Waals surface area (Å²) in [7, 11) is -1.54. The lowest BCUT2D eigenvalue weighted by molar-refractivity contribution is -0.140. The highest BCUT2D eigenvalue weighted by molar-refractivity contribution is 7.92. The number of carbonyl (C=O) groups is 2. The quantitative estimate of drug-likeness (QED) is 0.214. The molecule has 4 aromatic rings. The Labute approximate surface area is 263 Å². The number of ether oxygens (including phenoxy) is 2. The molecule has 4 rings (SSSR count). The highest BCUT2D eigenvalue weighted by atomic mass is 32.2. The number of benzene rings is 4. The molecule has 0 spiro atoms. The van der Waals surface area contributed by atoms with Crippen LogP contribution in [0.4, 0.5) is 10.1 Å². The van der Waals surface area contributed by atoms with Gasteiger partial charge in [0.1, 0.15) is 29.9 Å². The van der Waals surface area contributed by atoms with Crippen molar-refractivity contribution in [1.82, 2.24) is 10.2 Å². The number of carbonyl (C=O) groups excluding carboxylic acids is 2. The number of nitrogens with one attached hydrogen (secondary N) is 1. The minimum absolute atomic E-state index is 0.0533. The lowest BCUT2D eigenvalue weighted by atomic mass is 10.0. The van der Waals surface area contributed by atoms with E-state index >= 15 is 0 Å². The molecule has 0 saturated heterocycles. The zero-order chi connectivity index (χ0) is 32.4. The first kappa shape index (κ1) is 33.0. The van der Waals surface area contributed by atoms with Gasteiger partial charge in [-0.2, -0.15) is 0 Å². The van der Waals surface area contributed by atoms with Gasteiger partial charge < -0.3 is 19.7 Å². The molecular formula is C34H36FN3O6S. The van der Waals surface area contributed by atoms with E-state index in [9.17, 15) is 22.4 Å². The van der Waals surface area contributed by atoms with Crippen LogP contribution in [0.2, 0.25) is 0 Å². The molecule has 1 atom stereocenters. The summed E-state index contributed by atoms with van der Waals surface area (Å²) in [6, 6.07) is 26.2. The fourth-order valence-electron chi connectivity index (χ4n) is 4.88. The van der Waals surface area contributed by atoms with Crippen molar-refractivity contribution in [2.45, 2.75) is 30.8 Å². The van der Waals surface area contributed by atoms with Crippen LogP contribution in [0, 0.1) is 5.82 Å². The topological polar surface area (TPSA) is 105 Å². The van der Waals surface area contributed by atoms with Crippen molar-refractivity contribution in [2.75, 3.05) is 31.6 Å². The molecule has 0 aliphatic heterocycles.